The van der Waals surface area contributed by atoms with Crippen molar-refractivity contribution in [3.63, 3.8) is 0 Å². The Labute approximate surface area is 124 Å². The van der Waals surface area contributed by atoms with E-state index in [9.17, 15) is 22.8 Å². The Morgan fingerprint density at radius 3 is 2.64 bits per heavy atom. The van der Waals surface area contributed by atoms with E-state index in [2.05, 4.69) is 4.98 Å². The minimum Gasteiger partial charge on any atom is -0.315 e. The molecule has 3 rings (SSSR count). The highest BCUT2D eigenvalue weighted by Crippen LogP contribution is 2.32. The number of carbonyl (C=O) groups excluding carboxylic acids is 2. The smallest absolute Gasteiger partial charge is 0.315 e. The Morgan fingerprint density at radius 2 is 2.00 bits per heavy atom. The molecule has 0 atom stereocenters. The van der Waals surface area contributed by atoms with Crippen LogP contribution in [-0.4, -0.2) is 39.8 Å². The molecular weight excluding hydrogens is 299 g/mol. The third-order valence-electron chi connectivity index (χ3n) is 3.77. The molecule has 8 heteroatoms. The van der Waals surface area contributed by atoms with Gasteiger partial charge in [0.2, 0.25) is 0 Å². The molecule has 0 N–H and O–H groups in total. The van der Waals surface area contributed by atoms with E-state index in [1.165, 1.54) is 4.90 Å². The van der Waals surface area contributed by atoms with Crippen LogP contribution in [0.25, 0.3) is 0 Å². The first-order valence-electron chi connectivity index (χ1n) is 6.96. The largest absolute Gasteiger partial charge is 0.416 e. The number of pyridine rings is 1. The number of nitrogens with zero attached hydrogens (tertiary/aromatic N) is 3. The summed E-state index contributed by atoms with van der Waals surface area (Å²) in [7, 11) is 0. The van der Waals surface area contributed by atoms with Gasteiger partial charge in [-0.25, -0.2) is 4.79 Å². The van der Waals surface area contributed by atoms with E-state index in [1.807, 2.05) is 0 Å². The molecule has 1 aromatic rings. The summed E-state index contributed by atoms with van der Waals surface area (Å²) in [4.78, 5) is 30.3. The molecule has 5 nitrogen and oxygen atoms in total. The van der Waals surface area contributed by atoms with Crippen LogP contribution in [0, 0.1) is 5.92 Å². The summed E-state index contributed by atoms with van der Waals surface area (Å²) in [6.45, 7) is 0.300. The molecule has 0 spiro atoms. The van der Waals surface area contributed by atoms with E-state index in [0.29, 0.717) is 12.5 Å². The lowest BCUT2D eigenvalue weighted by Gasteiger charge is -2.17. The minimum atomic E-state index is -4.48. The van der Waals surface area contributed by atoms with Crippen LogP contribution in [0.2, 0.25) is 0 Å². The highest BCUT2D eigenvalue weighted by Gasteiger charge is 2.39. The Balaban J connectivity index is 1.72. The normalized spacial score (nSPS) is 19.2. The molecule has 2 aliphatic rings. The fourth-order valence-electron chi connectivity index (χ4n) is 2.41. The van der Waals surface area contributed by atoms with Gasteiger partial charge in [-0.2, -0.15) is 13.2 Å². The fourth-order valence-corrected chi connectivity index (χ4v) is 2.41. The second-order valence-corrected chi connectivity index (χ2v) is 5.62. The summed E-state index contributed by atoms with van der Waals surface area (Å²) in [6.07, 6.45) is -1.35. The van der Waals surface area contributed by atoms with Gasteiger partial charge in [0.15, 0.2) is 0 Å². The van der Waals surface area contributed by atoms with Crippen LogP contribution in [0.3, 0.4) is 0 Å². The molecule has 1 saturated heterocycles. The maximum Gasteiger partial charge on any atom is 0.416 e. The molecule has 1 aliphatic carbocycles. The van der Waals surface area contributed by atoms with Gasteiger partial charge >= 0.3 is 12.2 Å². The number of amides is 3. The number of hydrogen-bond donors (Lipinski definition) is 0. The van der Waals surface area contributed by atoms with E-state index >= 15 is 0 Å². The van der Waals surface area contributed by atoms with Gasteiger partial charge in [-0.05, 0) is 30.9 Å². The summed E-state index contributed by atoms with van der Waals surface area (Å²) >= 11 is 0. The molecule has 1 aromatic heterocycles. The van der Waals surface area contributed by atoms with Crippen molar-refractivity contribution in [2.75, 3.05) is 13.1 Å². The molecule has 0 aromatic carbocycles. The molecule has 2 heterocycles. The molecule has 0 radical (unpaired) electrons. The van der Waals surface area contributed by atoms with Crippen molar-refractivity contribution >= 4 is 11.9 Å². The Bertz CT molecular complexity index is 614. The van der Waals surface area contributed by atoms with Gasteiger partial charge in [0.25, 0.3) is 5.91 Å². The second-order valence-electron chi connectivity index (χ2n) is 5.62. The SMILES string of the molecule is O=C1CN(CC2CC2)C(=O)N1Cc1cc(C(F)(F)F)ccn1. The van der Waals surface area contributed by atoms with Crippen molar-refractivity contribution in [3.05, 3.63) is 29.6 Å². The van der Waals surface area contributed by atoms with Crippen LogP contribution in [-0.2, 0) is 17.5 Å². The molecular formula is C14H14F3N3O2. The molecule has 1 aliphatic heterocycles. The molecule has 0 unspecified atom stereocenters. The van der Waals surface area contributed by atoms with Crippen molar-refractivity contribution in [3.8, 4) is 0 Å². The predicted molar refractivity (Wildman–Crippen MR) is 69.5 cm³/mol. The zero-order valence-corrected chi connectivity index (χ0v) is 11.6. The third kappa shape index (κ3) is 3.05. The number of alkyl halides is 3. The lowest BCUT2D eigenvalue weighted by molar-refractivity contribution is -0.137. The van der Waals surface area contributed by atoms with E-state index < -0.39 is 23.7 Å². The lowest BCUT2D eigenvalue weighted by Crippen LogP contribution is -2.33. The van der Waals surface area contributed by atoms with Gasteiger partial charge in [-0.15, -0.1) is 0 Å². The number of imide groups is 1. The Hall–Kier alpha value is -2.12. The highest BCUT2D eigenvalue weighted by atomic mass is 19.4. The standard InChI is InChI=1S/C14H14F3N3O2/c15-14(16,17)10-3-4-18-11(5-10)7-20-12(21)8-19(13(20)22)6-9-1-2-9/h3-5,9H,1-2,6-8H2. The number of urea groups is 1. The Morgan fingerprint density at radius 1 is 1.27 bits per heavy atom. The molecule has 22 heavy (non-hydrogen) atoms. The Kier molecular flexibility index (Phi) is 3.54. The lowest BCUT2D eigenvalue weighted by atomic mass is 10.2. The summed E-state index contributed by atoms with van der Waals surface area (Å²) in [6, 6.07) is 1.27. The van der Waals surface area contributed by atoms with Crippen LogP contribution in [0.15, 0.2) is 18.3 Å². The first-order chi connectivity index (χ1) is 10.3. The highest BCUT2D eigenvalue weighted by molar-refractivity contribution is 6.01. The van der Waals surface area contributed by atoms with E-state index in [1.54, 1.807) is 0 Å². The second kappa shape index (κ2) is 5.26. The van der Waals surface area contributed by atoms with Crippen molar-refractivity contribution < 1.29 is 22.8 Å². The van der Waals surface area contributed by atoms with Crippen molar-refractivity contribution in [1.29, 1.82) is 0 Å². The quantitative estimate of drug-likeness (QED) is 0.801. The van der Waals surface area contributed by atoms with Gasteiger partial charge in [-0.1, -0.05) is 0 Å². The van der Waals surface area contributed by atoms with Crippen molar-refractivity contribution in [2.24, 2.45) is 5.92 Å². The first kappa shape index (κ1) is 14.8. The first-order valence-corrected chi connectivity index (χ1v) is 6.96. The van der Waals surface area contributed by atoms with Gasteiger partial charge in [0.1, 0.15) is 6.54 Å². The number of carbonyl (C=O) groups is 2. The number of aromatic nitrogens is 1. The monoisotopic (exact) mass is 313 g/mol. The van der Waals surface area contributed by atoms with Crippen molar-refractivity contribution in [2.45, 2.75) is 25.6 Å². The van der Waals surface area contributed by atoms with Crippen LogP contribution in [0.4, 0.5) is 18.0 Å². The average molecular weight is 313 g/mol. The number of halogens is 3. The average Bonchev–Trinajstić information content (AvgIpc) is 3.22. The summed E-state index contributed by atoms with van der Waals surface area (Å²) in [5, 5.41) is 0. The van der Waals surface area contributed by atoms with Gasteiger partial charge in [-0.3, -0.25) is 14.7 Å². The van der Waals surface area contributed by atoms with Crippen molar-refractivity contribution in [1.82, 2.24) is 14.8 Å². The van der Waals surface area contributed by atoms with E-state index in [0.717, 1.165) is 36.1 Å². The molecule has 1 saturated carbocycles. The molecule has 118 valence electrons. The zero-order valence-electron chi connectivity index (χ0n) is 11.6. The third-order valence-corrected chi connectivity index (χ3v) is 3.77. The predicted octanol–water partition coefficient (Wildman–Crippen LogP) is 2.27. The summed E-state index contributed by atoms with van der Waals surface area (Å²) in [5.74, 6) is 0.0493. The minimum absolute atomic E-state index is 0.00566. The maximum absolute atomic E-state index is 12.7. The van der Waals surface area contributed by atoms with Crippen LogP contribution < -0.4 is 0 Å². The van der Waals surface area contributed by atoms with Gasteiger partial charge < -0.3 is 4.90 Å². The van der Waals surface area contributed by atoms with E-state index in [4.69, 9.17) is 0 Å². The zero-order chi connectivity index (χ0) is 15.9. The topological polar surface area (TPSA) is 53.5 Å². The fraction of sp³-hybridized carbons (Fsp3) is 0.500. The van der Waals surface area contributed by atoms with Crippen LogP contribution in [0.5, 0.6) is 0 Å². The molecule has 0 bridgehead atoms. The van der Waals surface area contributed by atoms with Crippen LogP contribution in [0.1, 0.15) is 24.1 Å². The molecule has 2 fully saturated rings. The van der Waals surface area contributed by atoms with Crippen LogP contribution >= 0.6 is 0 Å². The number of rotatable bonds is 4. The maximum atomic E-state index is 12.7. The number of hydrogen-bond acceptors (Lipinski definition) is 3. The van der Waals surface area contributed by atoms with E-state index in [-0.39, 0.29) is 18.8 Å². The molecule has 3 amide bonds. The summed E-state index contributed by atoms with van der Waals surface area (Å²) < 4.78 is 38.0. The summed E-state index contributed by atoms with van der Waals surface area (Å²) in [5.41, 5.74) is -0.795. The van der Waals surface area contributed by atoms with Gasteiger partial charge in [0.05, 0.1) is 17.8 Å². The van der Waals surface area contributed by atoms with Gasteiger partial charge in [0, 0.05) is 12.7 Å².